The van der Waals surface area contributed by atoms with Gasteiger partial charge in [-0.15, -0.1) is 0 Å². The third-order valence-corrected chi connectivity index (χ3v) is 2.10. The molecule has 1 saturated heterocycles. The fourth-order valence-electron chi connectivity index (χ4n) is 1.37. The van der Waals surface area contributed by atoms with Gasteiger partial charge in [-0.05, 0) is 18.1 Å². The largest absolute Gasteiger partial charge is 0.349 e. The molecule has 1 heterocycles. The zero-order valence-electron chi connectivity index (χ0n) is 8.06. The van der Waals surface area contributed by atoms with Crippen LogP contribution in [0.15, 0.2) is 36.4 Å². The van der Waals surface area contributed by atoms with Crippen LogP contribution in [0.1, 0.15) is 12.0 Å². The van der Waals surface area contributed by atoms with Gasteiger partial charge in [-0.2, -0.15) is 0 Å². The lowest BCUT2D eigenvalue weighted by molar-refractivity contribution is -0.149. The smallest absolute Gasteiger partial charge is 0.177 e. The first-order chi connectivity index (χ1) is 6.95. The second kappa shape index (κ2) is 4.94. The zero-order valence-corrected chi connectivity index (χ0v) is 8.06. The Morgan fingerprint density at radius 2 is 1.79 bits per heavy atom. The summed E-state index contributed by atoms with van der Waals surface area (Å²) in [4.78, 5) is 0. The average molecular weight is 190 g/mol. The van der Waals surface area contributed by atoms with Gasteiger partial charge in [-0.1, -0.05) is 36.4 Å². The van der Waals surface area contributed by atoms with E-state index in [1.807, 2.05) is 30.4 Å². The molecular formula is C12H14O2. The molecule has 0 amide bonds. The molecular weight excluding hydrogens is 176 g/mol. The molecule has 2 rings (SSSR count). The Kier molecular flexibility index (Phi) is 3.33. The molecule has 1 aliphatic heterocycles. The first-order valence-electron chi connectivity index (χ1n) is 4.91. The Hall–Kier alpha value is -1.12. The van der Waals surface area contributed by atoms with Gasteiger partial charge in [0.25, 0.3) is 0 Å². The van der Waals surface area contributed by atoms with Crippen LogP contribution in [0.5, 0.6) is 0 Å². The van der Waals surface area contributed by atoms with Crippen molar-refractivity contribution >= 4 is 6.08 Å². The summed E-state index contributed by atoms with van der Waals surface area (Å²) in [5.74, 6) is 0. The molecule has 0 radical (unpaired) electrons. The van der Waals surface area contributed by atoms with Gasteiger partial charge in [0.2, 0.25) is 0 Å². The van der Waals surface area contributed by atoms with Crippen molar-refractivity contribution in [1.29, 1.82) is 0 Å². The average Bonchev–Trinajstić information content (AvgIpc) is 2.29. The fraction of sp³-hybridized carbons (Fsp3) is 0.333. The van der Waals surface area contributed by atoms with Gasteiger partial charge in [0, 0.05) is 0 Å². The normalized spacial score (nSPS) is 18.9. The molecule has 0 aromatic heterocycles. The van der Waals surface area contributed by atoms with Gasteiger partial charge in [-0.3, -0.25) is 0 Å². The summed E-state index contributed by atoms with van der Waals surface area (Å²) < 4.78 is 10.8. The highest BCUT2D eigenvalue weighted by Gasteiger charge is 2.09. The van der Waals surface area contributed by atoms with E-state index in [1.165, 1.54) is 5.56 Å². The minimum absolute atomic E-state index is 0.163. The molecule has 2 heteroatoms. The Morgan fingerprint density at radius 1 is 1.07 bits per heavy atom. The van der Waals surface area contributed by atoms with Crippen molar-refractivity contribution in [2.24, 2.45) is 0 Å². The number of hydrogen-bond donors (Lipinski definition) is 0. The molecule has 2 nitrogen and oxygen atoms in total. The van der Waals surface area contributed by atoms with E-state index < -0.39 is 0 Å². The second-order valence-corrected chi connectivity index (χ2v) is 3.23. The molecule has 0 saturated carbocycles. The first kappa shape index (κ1) is 9.44. The summed E-state index contributed by atoms with van der Waals surface area (Å²) in [5, 5.41) is 0. The van der Waals surface area contributed by atoms with Gasteiger partial charge in [0.1, 0.15) is 0 Å². The predicted molar refractivity (Wildman–Crippen MR) is 55.8 cm³/mol. The first-order valence-corrected chi connectivity index (χ1v) is 4.91. The maximum absolute atomic E-state index is 5.39. The molecule has 0 atom stereocenters. The molecule has 14 heavy (non-hydrogen) atoms. The van der Waals surface area contributed by atoms with Crippen molar-refractivity contribution in [3.63, 3.8) is 0 Å². The summed E-state index contributed by atoms with van der Waals surface area (Å²) in [6, 6.07) is 10.1. The Morgan fingerprint density at radius 3 is 2.50 bits per heavy atom. The number of hydrogen-bond acceptors (Lipinski definition) is 2. The van der Waals surface area contributed by atoms with Crippen molar-refractivity contribution in [3.8, 4) is 0 Å². The minimum Gasteiger partial charge on any atom is -0.349 e. The molecule has 0 bridgehead atoms. The van der Waals surface area contributed by atoms with Crippen LogP contribution in [-0.2, 0) is 9.47 Å². The molecule has 0 unspecified atom stereocenters. The highest BCUT2D eigenvalue weighted by molar-refractivity contribution is 5.48. The van der Waals surface area contributed by atoms with E-state index in [0.29, 0.717) is 0 Å². The van der Waals surface area contributed by atoms with E-state index in [-0.39, 0.29) is 6.29 Å². The summed E-state index contributed by atoms with van der Waals surface area (Å²) in [5.41, 5.74) is 1.17. The summed E-state index contributed by atoms with van der Waals surface area (Å²) in [6.45, 7) is 1.59. The number of benzene rings is 1. The lowest BCUT2D eigenvalue weighted by atomic mass is 10.2. The number of ether oxygens (including phenoxy) is 2. The maximum Gasteiger partial charge on any atom is 0.177 e. The summed E-state index contributed by atoms with van der Waals surface area (Å²) >= 11 is 0. The van der Waals surface area contributed by atoms with Crippen LogP contribution in [-0.4, -0.2) is 19.5 Å². The summed E-state index contributed by atoms with van der Waals surface area (Å²) in [6.07, 6.45) is 4.81. The van der Waals surface area contributed by atoms with Crippen LogP contribution in [0.2, 0.25) is 0 Å². The summed E-state index contributed by atoms with van der Waals surface area (Å²) in [7, 11) is 0. The topological polar surface area (TPSA) is 18.5 Å². The van der Waals surface area contributed by atoms with E-state index in [1.54, 1.807) is 0 Å². The van der Waals surface area contributed by atoms with Crippen molar-refractivity contribution in [2.45, 2.75) is 12.7 Å². The molecule has 0 N–H and O–H groups in total. The van der Waals surface area contributed by atoms with Gasteiger partial charge in [0.05, 0.1) is 13.2 Å². The zero-order chi connectivity index (χ0) is 9.64. The highest BCUT2D eigenvalue weighted by atomic mass is 16.7. The molecule has 0 spiro atoms. The Labute approximate surface area is 84.2 Å². The van der Waals surface area contributed by atoms with Crippen LogP contribution in [0, 0.1) is 0 Å². The lowest BCUT2D eigenvalue weighted by Crippen LogP contribution is -2.22. The van der Waals surface area contributed by atoms with Gasteiger partial charge >= 0.3 is 0 Å². The standard InChI is InChI=1S/C12H14O2/c1-2-5-11(6-3-1)7-8-12-13-9-4-10-14-12/h1-3,5-8,12H,4,9-10H2/b8-7-. The molecule has 1 aromatic carbocycles. The second-order valence-electron chi connectivity index (χ2n) is 3.23. The maximum atomic E-state index is 5.39. The third kappa shape index (κ3) is 2.69. The molecule has 1 aliphatic rings. The van der Waals surface area contributed by atoms with E-state index >= 15 is 0 Å². The van der Waals surface area contributed by atoms with Crippen LogP contribution in [0.3, 0.4) is 0 Å². The van der Waals surface area contributed by atoms with Crippen LogP contribution in [0.25, 0.3) is 6.08 Å². The van der Waals surface area contributed by atoms with E-state index in [0.717, 1.165) is 19.6 Å². The van der Waals surface area contributed by atoms with E-state index in [4.69, 9.17) is 9.47 Å². The van der Waals surface area contributed by atoms with Crippen LogP contribution in [0.4, 0.5) is 0 Å². The third-order valence-electron chi connectivity index (χ3n) is 2.10. The molecule has 1 aromatic rings. The highest BCUT2D eigenvalue weighted by Crippen LogP contribution is 2.08. The Bertz CT molecular complexity index is 286. The quantitative estimate of drug-likeness (QED) is 0.713. The van der Waals surface area contributed by atoms with Gasteiger partial charge < -0.3 is 9.47 Å². The predicted octanol–water partition coefficient (Wildman–Crippen LogP) is 2.46. The lowest BCUT2D eigenvalue weighted by Gasteiger charge is -2.19. The molecule has 74 valence electrons. The Balaban J connectivity index is 1.93. The van der Waals surface area contributed by atoms with Crippen LogP contribution >= 0.6 is 0 Å². The van der Waals surface area contributed by atoms with Gasteiger partial charge in [0.15, 0.2) is 6.29 Å². The van der Waals surface area contributed by atoms with Crippen molar-refractivity contribution in [2.75, 3.05) is 13.2 Å². The fourth-order valence-corrected chi connectivity index (χ4v) is 1.37. The monoisotopic (exact) mass is 190 g/mol. The van der Waals surface area contributed by atoms with E-state index in [9.17, 15) is 0 Å². The van der Waals surface area contributed by atoms with Crippen molar-refractivity contribution < 1.29 is 9.47 Å². The van der Waals surface area contributed by atoms with Crippen molar-refractivity contribution in [3.05, 3.63) is 42.0 Å². The van der Waals surface area contributed by atoms with Crippen LogP contribution < -0.4 is 0 Å². The minimum atomic E-state index is -0.163. The number of rotatable bonds is 2. The molecule has 0 aliphatic carbocycles. The van der Waals surface area contributed by atoms with Gasteiger partial charge in [-0.25, -0.2) is 0 Å². The molecule has 1 fully saturated rings. The van der Waals surface area contributed by atoms with E-state index in [2.05, 4.69) is 12.1 Å². The van der Waals surface area contributed by atoms with Crippen molar-refractivity contribution in [1.82, 2.24) is 0 Å². The SMILES string of the molecule is C(=C/C1OCCCO1)/c1ccccc1.